The van der Waals surface area contributed by atoms with Crippen molar-refractivity contribution in [1.29, 1.82) is 0 Å². The van der Waals surface area contributed by atoms with E-state index in [0.29, 0.717) is 12.0 Å². The third kappa shape index (κ3) is 3.16. The molecule has 1 aromatic rings. The largest absolute Gasteiger partial charge is 0.370 e. The van der Waals surface area contributed by atoms with Gasteiger partial charge in [0.2, 0.25) is 0 Å². The molecular weight excluding hydrogens is 244 g/mol. The lowest BCUT2D eigenvalue weighted by Gasteiger charge is -2.37. The van der Waals surface area contributed by atoms with Crippen LogP contribution in [0.1, 0.15) is 43.7 Å². The van der Waals surface area contributed by atoms with Crippen LogP contribution in [0, 0.1) is 12.3 Å². The van der Waals surface area contributed by atoms with E-state index in [0.717, 1.165) is 18.7 Å². The van der Waals surface area contributed by atoms with Crippen LogP contribution in [0.2, 0.25) is 0 Å². The van der Waals surface area contributed by atoms with Gasteiger partial charge in [-0.2, -0.15) is 0 Å². The van der Waals surface area contributed by atoms with E-state index in [1.165, 1.54) is 24.1 Å². The van der Waals surface area contributed by atoms with Crippen molar-refractivity contribution in [3.63, 3.8) is 0 Å². The van der Waals surface area contributed by atoms with Crippen molar-refractivity contribution >= 4 is 5.69 Å². The van der Waals surface area contributed by atoms with Gasteiger partial charge in [0.25, 0.3) is 0 Å². The van der Waals surface area contributed by atoms with Gasteiger partial charge >= 0.3 is 0 Å². The highest BCUT2D eigenvalue weighted by atomic mass is 15.2. The van der Waals surface area contributed by atoms with E-state index in [4.69, 9.17) is 6.42 Å². The molecular formula is C18H26N2. The number of rotatable bonds is 3. The molecule has 20 heavy (non-hydrogen) atoms. The second-order valence-electron chi connectivity index (χ2n) is 6.26. The molecule has 2 heteroatoms. The van der Waals surface area contributed by atoms with E-state index >= 15 is 0 Å². The Morgan fingerprint density at radius 2 is 1.90 bits per heavy atom. The van der Waals surface area contributed by atoms with Crippen LogP contribution in [0.25, 0.3) is 0 Å². The molecule has 0 saturated carbocycles. The smallest absolute Gasteiger partial charge is 0.0525 e. The molecule has 1 fully saturated rings. The number of hydrogen-bond donors (Lipinski definition) is 0. The fraction of sp³-hybridized carbons (Fsp3) is 0.556. The standard InChI is InChI=1S/C18H26N2/c1-6-15-13-16(14(2)3)7-8-18(15)20-11-9-17(10-12-20)19(4)5/h1,7-8,13-14,17H,9-12H2,2-5H3. The maximum absolute atomic E-state index is 5.72. The zero-order valence-electron chi connectivity index (χ0n) is 13.2. The highest BCUT2D eigenvalue weighted by molar-refractivity contribution is 5.62. The molecule has 0 aliphatic carbocycles. The average Bonchev–Trinajstić information content (AvgIpc) is 2.46. The lowest BCUT2D eigenvalue weighted by Crippen LogP contribution is -2.42. The lowest BCUT2D eigenvalue weighted by atomic mass is 9.97. The van der Waals surface area contributed by atoms with Gasteiger partial charge in [0.15, 0.2) is 0 Å². The van der Waals surface area contributed by atoms with Gasteiger partial charge in [0, 0.05) is 24.7 Å². The first-order valence-corrected chi connectivity index (χ1v) is 7.55. The summed E-state index contributed by atoms with van der Waals surface area (Å²) in [6.45, 7) is 6.60. The SMILES string of the molecule is C#Cc1cc(C(C)C)ccc1N1CCC(N(C)C)CC1. The molecule has 0 atom stereocenters. The number of piperidine rings is 1. The summed E-state index contributed by atoms with van der Waals surface area (Å²) in [7, 11) is 4.34. The molecule has 1 aliphatic rings. The van der Waals surface area contributed by atoms with Crippen molar-refractivity contribution in [3.8, 4) is 12.3 Å². The Kier molecular flexibility index (Phi) is 4.73. The van der Waals surface area contributed by atoms with E-state index < -0.39 is 0 Å². The second kappa shape index (κ2) is 6.33. The molecule has 2 rings (SSSR count). The molecule has 1 aromatic carbocycles. The van der Waals surface area contributed by atoms with Crippen molar-refractivity contribution < 1.29 is 0 Å². The summed E-state index contributed by atoms with van der Waals surface area (Å²) in [5, 5.41) is 0. The molecule has 0 aromatic heterocycles. The van der Waals surface area contributed by atoms with E-state index in [-0.39, 0.29) is 0 Å². The molecule has 0 N–H and O–H groups in total. The van der Waals surface area contributed by atoms with Crippen LogP contribution in [0.5, 0.6) is 0 Å². The summed E-state index contributed by atoms with van der Waals surface area (Å²) in [6.07, 6.45) is 8.14. The zero-order valence-corrected chi connectivity index (χ0v) is 13.2. The van der Waals surface area contributed by atoms with Crippen LogP contribution >= 0.6 is 0 Å². The minimum atomic E-state index is 0.524. The van der Waals surface area contributed by atoms with Gasteiger partial charge < -0.3 is 9.80 Å². The number of anilines is 1. The molecule has 0 unspecified atom stereocenters. The monoisotopic (exact) mass is 270 g/mol. The van der Waals surface area contributed by atoms with E-state index in [1.807, 2.05) is 0 Å². The first-order valence-electron chi connectivity index (χ1n) is 7.55. The maximum atomic E-state index is 5.72. The number of benzene rings is 1. The van der Waals surface area contributed by atoms with Crippen molar-refractivity contribution in [1.82, 2.24) is 4.90 Å². The topological polar surface area (TPSA) is 6.48 Å². The van der Waals surface area contributed by atoms with Crippen LogP contribution in [0.4, 0.5) is 5.69 Å². The normalized spacial score (nSPS) is 16.8. The summed E-state index contributed by atoms with van der Waals surface area (Å²) >= 11 is 0. The summed E-state index contributed by atoms with van der Waals surface area (Å²) < 4.78 is 0. The van der Waals surface area contributed by atoms with E-state index in [9.17, 15) is 0 Å². The minimum absolute atomic E-state index is 0.524. The summed E-state index contributed by atoms with van der Waals surface area (Å²) in [6, 6.07) is 7.31. The van der Waals surface area contributed by atoms with Gasteiger partial charge in [-0.3, -0.25) is 0 Å². The van der Waals surface area contributed by atoms with Gasteiger partial charge in [-0.1, -0.05) is 25.8 Å². The molecule has 1 heterocycles. The minimum Gasteiger partial charge on any atom is -0.370 e. The molecule has 0 amide bonds. The van der Waals surface area contributed by atoms with Crippen molar-refractivity contribution in [2.75, 3.05) is 32.1 Å². The fourth-order valence-corrected chi connectivity index (χ4v) is 2.93. The molecule has 1 saturated heterocycles. The van der Waals surface area contributed by atoms with Gasteiger partial charge in [0.05, 0.1) is 5.69 Å². The Balaban J connectivity index is 2.16. The average molecular weight is 270 g/mol. The maximum Gasteiger partial charge on any atom is 0.0525 e. The van der Waals surface area contributed by atoms with Crippen molar-refractivity contribution in [2.45, 2.75) is 38.6 Å². The molecule has 0 bridgehead atoms. The molecule has 2 nitrogen and oxygen atoms in total. The van der Waals surface area contributed by atoms with Crippen LogP contribution < -0.4 is 4.90 Å². The van der Waals surface area contributed by atoms with E-state index in [1.54, 1.807) is 0 Å². The summed E-state index contributed by atoms with van der Waals surface area (Å²) in [5.41, 5.74) is 3.60. The van der Waals surface area contributed by atoms with Crippen LogP contribution in [0.15, 0.2) is 18.2 Å². The molecule has 1 aliphatic heterocycles. The summed E-state index contributed by atoms with van der Waals surface area (Å²) in [5.74, 6) is 3.39. The van der Waals surface area contributed by atoms with Crippen LogP contribution in [-0.2, 0) is 0 Å². The van der Waals surface area contributed by atoms with Crippen molar-refractivity contribution in [2.24, 2.45) is 0 Å². The first-order chi connectivity index (χ1) is 9.52. The molecule has 0 radical (unpaired) electrons. The van der Waals surface area contributed by atoms with Gasteiger partial charge in [-0.15, -0.1) is 6.42 Å². The van der Waals surface area contributed by atoms with Gasteiger partial charge in [-0.25, -0.2) is 0 Å². The zero-order chi connectivity index (χ0) is 14.7. The number of terminal acetylenes is 1. The predicted octanol–water partition coefficient (Wildman–Crippen LogP) is 3.32. The third-order valence-electron chi connectivity index (χ3n) is 4.38. The number of nitrogens with zero attached hydrogens (tertiary/aromatic N) is 2. The summed E-state index contributed by atoms with van der Waals surface area (Å²) in [4.78, 5) is 4.78. The third-order valence-corrected chi connectivity index (χ3v) is 4.38. The first kappa shape index (κ1) is 14.9. The highest BCUT2D eigenvalue weighted by Gasteiger charge is 2.22. The Bertz CT molecular complexity index is 489. The Morgan fingerprint density at radius 1 is 1.25 bits per heavy atom. The number of hydrogen-bond acceptors (Lipinski definition) is 2. The fourth-order valence-electron chi connectivity index (χ4n) is 2.93. The van der Waals surface area contributed by atoms with Gasteiger partial charge in [0.1, 0.15) is 0 Å². The molecule has 0 spiro atoms. The highest BCUT2D eigenvalue weighted by Crippen LogP contribution is 2.28. The van der Waals surface area contributed by atoms with E-state index in [2.05, 4.69) is 61.9 Å². The van der Waals surface area contributed by atoms with Crippen LogP contribution in [0.3, 0.4) is 0 Å². The Morgan fingerprint density at radius 3 is 2.40 bits per heavy atom. The lowest BCUT2D eigenvalue weighted by molar-refractivity contribution is 0.249. The second-order valence-corrected chi connectivity index (χ2v) is 6.26. The molecule has 108 valence electrons. The Hall–Kier alpha value is -1.46. The quantitative estimate of drug-likeness (QED) is 0.777. The Labute approximate surface area is 123 Å². The van der Waals surface area contributed by atoms with Crippen LogP contribution in [-0.4, -0.2) is 38.1 Å². The van der Waals surface area contributed by atoms with Crippen molar-refractivity contribution in [3.05, 3.63) is 29.3 Å². The predicted molar refractivity (Wildman–Crippen MR) is 87.4 cm³/mol. The van der Waals surface area contributed by atoms with Gasteiger partial charge in [-0.05, 0) is 50.6 Å².